The number of para-hydroxylation sites is 1. The van der Waals surface area contributed by atoms with Crippen molar-refractivity contribution in [3.05, 3.63) is 48.5 Å². The molecule has 0 atom stereocenters. The van der Waals surface area contributed by atoms with Crippen LogP contribution in [-0.4, -0.2) is 13.7 Å². The van der Waals surface area contributed by atoms with Crippen LogP contribution in [0.2, 0.25) is 0 Å². The minimum absolute atomic E-state index is 0.887. The standard InChI is InChI=1S/C16H19NO/c1-3-11-17-16-10-5-4-9-15(16)13-7-6-8-14(12-13)18-2/h4-10,12,17H,3,11H2,1-2H3. The van der Waals surface area contributed by atoms with Crippen molar-refractivity contribution in [2.24, 2.45) is 0 Å². The zero-order valence-electron chi connectivity index (χ0n) is 10.9. The molecular weight excluding hydrogens is 222 g/mol. The van der Waals surface area contributed by atoms with Crippen molar-refractivity contribution >= 4 is 5.69 Å². The van der Waals surface area contributed by atoms with E-state index >= 15 is 0 Å². The third kappa shape index (κ3) is 2.83. The van der Waals surface area contributed by atoms with E-state index in [1.807, 2.05) is 12.1 Å². The number of hydrogen-bond acceptors (Lipinski definition) is 2. The highest BCUT2D eigenvalue weighted by molar-refractivity contribution is 5.78. The summed E-state index contributed by atoms with van der Waals surface area (Å²) in [4.78, 5) is 0. The summed E-state index contributed by atoms with van der Waals surface area (Å²) < 4.78 is 5.28. The molecular formula is C16H19NO. The molecule has 0 amide bonds. The van der Waals surface area contributed by atoms with Crippen LogP contribution >= 0.6 is 0 Å². The van der Waals surface area contributed by atoms with Gasteiger partial charge < -0.3 is 10.1 Å². The molecule has 0 unspecified atom stereocenters. The molecule has 0 saturated heterocycles. The first-order valence-electron chi connectivity index (χ1n) is 6.32. The van der Waals surface area contributed by atoms with Crippen LogP contribution in [-0.2, 0) is 0 Å². The van der Waals surface area contributed by atoms with Crippen LogP contribution in [0, 0.1) is 0 Å². The van der Waals surface area contributed by atoms with Crippen molar-refractivity contribution in [3.8, 4) is 16.9 Å². The van der Waals surface area contributed by atoms with Gasteiger partial charge in [0, 0.05) is 17.8 Å². The summed E-state index contributed by atoms with van der Waals surface area (Å²) in [5.41, 5.74) is 3.56. The van der Waals surface area contributed by atoms with E-state index in [0.717, 1.165) is 18.7 Å². The SMILES string of the molecule is CCCNc1ccccc1-c1cccc(OC)c1. The molecule has 0 fully saturated rings. The normalized spacial score (nSPS) is 10.1. The van der Waals surface area contributed by atoms with Gasteiger partial charge in [-0.15, -0.1) is 0 Å². The number of nitrogens with one attached hydrogen (secondary N) is 1. The van der Waals surface area contributed by atoms with Crippen LogP contribution in [0.1, 0.15) is 13.3 Å². The first kappa shape index (κ1) is 12.5. The Hall–Kier alpha value is -1.96. The van der Waals surface area contributed by atoms with Crippen LogP contribution in [0.15, 0.2) is 48.5 Å². The first-order chi connectivity index (χ1) is 8.85. The van der Waals surface area contributed by atoms with Crippen molar-refractivity contribution in [3.63, 3.8) is 0 Å². The maximum absolute atomic E-state index is 5.28. The summed E-state index contributed by atoms with van der Waals surface area (Å²) in [7, 11) is 1.69. The Kier molecular flexibility index (Phi) is 4.24. The predicted molar refractivity (Wildman–Crippen MR) is 77.2 cm³/mol. The number of methoxy groups -OCH3 is 1. The average Bonchev–Trinajstić information content (AvgIpc) is 2.45. The number of benzene rings is 2. The topological polar surface area (TPSA) is 21.3 Å². The molecule has 0 aliphatic carbocycles. The lowest BCUT2D eigenvalue weighted by Gasteiger charge is -2.12. The van der Waals surface area contributed by atoms with E-state index in [9.17, 15) is 0 Å². The second-order valence-corrected chi connectivity index (χ2v) is 4.20. The Morgan fingerprint density at radius 1 is 1.06 bits per heavy atom. The van der Waals surface area contributed by atoms with Crippen molar-refractivity contribution in [2.75, 3.05) is 19.0 Å². The van der Waals surface area contributed by atoms with Gasteiger partial charge in [0.15, 0.2) is 0 Å². The Labute approximate surface area is 109 Å². The second-order valence-electron chi connectivity index (χ2n) is 4.20. The molecule has 0 aliphatic heterocycles. The summed E-state index contributed by atoms with van der Waals surface area (Å²) in [5.74, 6) is 0.887. The van der Waals surface area contributed by atoms with Crippen LogP contribution in [0.5, 0.6) is 5.75 Å². The Morgan fingerprint density at radius 2 is 1.89 bits per heavy atom. The van der Waals surface area contributed by atoms with Gasteiger partial charge in [-0.3, -0.25) is 0 Å². The molecule has 0 spiro atoms. The van der Waals surface area contributed by atoms with Crippen molar-refractivity contribution in [1.82, 2.24) is 0 Å². The zero-order valence-corrected chi connectivity index (χ0v) is 10.9. The Bertz CT molecular complexity index is 508. The van der Waals surface area contributed by atoms with E-state index < -0.39 is 0 Å². The molecule has 2 aromatic rings. The molecule has 0 saturated carbocycles. The first-order valence-corrected chi connectivity index (χ1v) is 6.32. The summed E-state index contributed by atoms with van der Waals surface area (Å²) >= 11 is 0. The molecule has 0 radical (unpaired) electrons. The summed E-state index contributed by atoms with van der Waals surface area (Å²) in [6, 6.07) is 16.5. The molecule has 2 heteroatoms. The zero-order chi connectivity index (χ0) is 12.8. The summed E-state index contributed by atoms with van der Waals surface area (Å²) in [5, 5.41) is 3.46. The molecule has 0 aromatic heterocycles. The van der Waals surface area contributed by atoms with Gasteiger partial charge in [-0.1, -0.05) is 37.3 Å². The monoisotopic (exact) mass is 241 g/mol. The highest BCUT2D eigenvalue weighted by Crippen LogP contribution is 2.30. The van der Waals surface area contributed by atoms with E-state index in [4.69, 9.17) is 4.74 Å². The van der Waals surface area contributed by atoms with E-state index in [2.05, 4.69) is 48.6 Å². The predicted octanol–water partition coefficient (Wildman–Crippen LogP) is 4.18. The molecule has 18 heavy (non-hydrogen) atoms. The number of ether oxygens (including phenoxy) is 1. The molecule has 2 rings (SSSR count). The lowest BCUT2D eigenvalue weighted by Crippen LogP contribution is -2.01. The minimum atomic E-state index is 0.887. The molecule has 0 bridgehead atoms. The van der Waals surface area contributed by atoms with Crippen molar-refractivity contribution in [1.29, 1.82) is 0 Å². The molecule has 0 aliphatic rings. The van der Waals surface area contributed by atoms with Gasteiger partial charge in [0.25, 0.3) is 0 Å². The number of rotatable bonds is 5. The fourth-order valence-electron chi connectivity index (χ4n) is 1.94. The van der Waals surface area contributed by atoms with Crippen LogP contribution in [0.25, 0.3) is 11.1 Å². The highest BCUT2D eigenvalue weighted by Gasteiger charge is 2.04. The van der Waals surface area contributed by atoms with E-state index in [1.54, 1.807) is 7.11 Å². The summed E-state index contributed by atoms with van der Waals surface area (Å²) in [6.07, 6.45) is 1.12. The molecule has 0 heterocycles. The van der Waals surface area contributed by atoms with E-state index in [-0.39, 0.29) is 0 Å². The molecule has 2 nitrogen and oxygen atoms in total. The quantitative estimate of drug-likeness (QED) is 0.847. The van der Waals surface area contributed by atoms with Gasteiger partial charge in [-0.2, -0.15) is 0 Å². The smallest absolute Gasteiger partial charge is 0.119 e. The largest absolute Gasteiger partial charge is 0.497 e. The third-order valence-corrected chi connectivity index (χ3v) is 2.87. The fraction of sp³-hybridized carbons (Fsp3) is 0.250. The van der Waals surface area contributed by atoms with Crippen LogP contribution < -0.4 is 10.1 Å². The summed E-state index contributed by atoms with van der Waals surface area (Å²) in [6.45, 7) is 3.15. The Balaban J connectivity index is 2.36. The number of anilines is 1. The van der Waals surface area contributed by atoms with Gasteiger partial charge in [0.1, 0.15) is 5.75 Å². The van der Waals surface area contributed by atoms with E-state index in [1.165, 1.54) is 16.8 Å². The van der Waals surface area contributed by atoms with Crippen molar-refractivity contribution in [2.45, 2.75) is 13.3 Å². The maximum Gasteiger partial charge on any atom is 0.119 e. The molecule has 2 aromatic carbocycles. The maximum atomic E-state index is 5.28. The van der Waals surface area contributed by atoms with Gasteiger partial charge in [0.05, 0.1) is 7.11 Å². The highest BCUT2D eigenvalue weighted by atomic mass is 16.5. The van der Waals surface area contributed by atoms with Gasteiger partial charge in [-0.05, 0) is 30.2 Å². The molecule has 1 N–H and O–H groups in total. The van der Waals surface area contributed by atoms with Gasteiger partial charge in [0.2, 0.25) is 0 Å². The lowest BCUT2D eigenvalue weighted by molar-refractivity contribution is 0.415. The minimum Gasteiger partial charge on any atom is -0.497 e. The lowest BCUT2D eigenvalue weighted by atomic mass is 10.0. The van der Waals surface area contributed by atoms with Crippen LogP contribution in [0.3, 0.4) is 0 Å². The average molecular weight is 241 g/mol. The third-order valence-electron chi connectivity index (χ3n) is 2.87. The van der Waals surface area contributed by atoms with Crippen molar-refractivity contribution < 1.29 is 4.74 Å². The molecule has 94 valence electrons. The number of hydrogen-bond donors (Lipinski definition) is 1. The van der Waals surface area contributed by atoms with Crippen LogP contribution in [0.4, 0.5) is 5.69 Å². The van der Waals surface area contributed by atoms with Gasteiger partial charge in [-0.25, -0.2) is 0 Å². The van der Waals surface area contributed by atoms with Gasteiger partial charge >= 0.3 is 0 Å². The van der Waals surface area contributed by atoms with E-state index in [0.29, 0.717) is 0 Å². The fourth-order valence-corrected chi connectivity index (χ4v) is 1.94. The second kappa shape index (κ2) is 6.10. The Morgan fingerprint density at radius 3 is 2.67 bits per heavy atom.